The van der Waals surface area contributed by atoms with Gasteiger partial charge in [0.05, 0.1) is 22.1 Å². The number of amides is 1. The second-order valence-electron chi connectivity index (χ2n) is 6.67. The number of nitrogens with two attached hydrogens (primary N) is 1. The second kappa shape index (κ2) is 7.37. The van der Waals surface area contributed by atoms with E-state index in [4.69, 9.17) is 33.9 Å². The second-order valence-corrected chi connectivity index (χ2v) is 7.49. The summed E-state index contributed by atoms with van der Waals surface area (Å²) in [6.07, 6.45) is 4.14. The van der Waals surface area contributed by atoms with Gasteiger partial charge in [-0.25, -0.2) is 4.98 Å². The fourth-order valence-corrected chi connectivity index (χ4v) is 3.76. The van der Waals surface area contributed by atoms with Gasteiger partial charge in [0, 0.05) is 48.6 Å². The molecule has 2 aliphatic heterocycles. The molecule has 2 aromatic rings. The first-order chi connectivity index (χ1) is 13.0. The van der Waals surface area contributed by atoms with E-state index in [1.165, 1.54) is 0 Å². The van der Waals surface area contributed by atoms with Crippen molar-refractivity contribution in [3.63, 3.8) is 0 Å². The molecule has 6 nitrogen and oxygen atoms in total. The van der Waals surface area contributed by atoms with E-state index in [0.717, 1.165) is 47.8 Å². The summed E-state index contributed by atoms with van der Waals surface area (Å²) in [5.41, 5.74) is 11.2. The molecule has 0 saturated carbocycles. The summed E-state index contributed by atoms with van der Waals surface area (Å²) in [7, 11) is 0. The summed E-state index contributed by atoms with van der Waals surface area (Å²) in [4.78, 5) is 27.1. The minimum absolute atomic E-state index is 0.102. The van der Waals surface area contributed by atoms with Crippen LogP contribution in [0.4, 0.5) is 0 Å². The van der Waals surface area contributed by atoms with E-state index in [1.807, 2.05) is 0 Å². The van der Waals surface area contributed by atoms with Gasteiger partial charge < -0.3 is 15.6 Å². The number of nitrogens with one attached hydrogen (secondary N) is 1. The number of benzene rings is 1. The molecule has 0 spiro atoms. The molecule has 1 amide bonds. The number of carbonyl (C=O) groups is 1. The van der Waals surface area contributed by atoms with Gasteiger partial charge >= 0.3 is 0 Å². The summed E-state index contributed by atoms with van der Waals surface area (Å²) < 4.78 is 0. The fraction of sp³-hybridized carbons (Fsp3) is 0.316. The molecule has 27 heavy (non-hydrogen) atoms. The molecule has 1 aromatic carbocycles. The largest absolute Gasteiger partial charge is 0.402 e. The number of aromatic amines is 1. The van der Waals surface area contributed by atoms with Gasteiger partial charge in [-0.2, -0.15) is 0 Å². The van der Waals surface area contributed by atoms with E-state index in [1.54, 1.807) is 29.4 Å². The van der Waals surface area contributed by atoms with Crippen LogP contribution in [0.25, 0.3) is 0 Å². The van der Waals surface area contributed by atoms with Gasteiger partial charge in [0.1, 0.15) is 5.69 Å². The van der Waals surface area contributed by atoms with Crippen LogP contribution in [0.1, 0.15) is 34.6 Å². The molecule has 0 unspecified atom stereocenters. The standard InChI is InChI=1S/C19H19Cl2N5O/c20-13-4-3-11(8-14(13)21)19(27)26-7-5-15(22)12(9-26)17-18-16(24-10-25-18)2-1-6-23-17/h3-4,8,10H,1-2,5-7,9,22H2,(H,24,25). The maximum atomic E-state index is 13.0. The van der Waals surface area contributed by atoms with Crippen LogP contribution in [0.15, 0.2) is 40.8 Å². The van der Waals surface area contributed by atoms with Crippen molar-refractivity contribution >= 4 is 34.8 Å². The van der Waals surface area contributed by atoms with Gasteiger partial charge in [0.15, 0.2) is 0 Å². The van der Waals surface area contributed by atoms with Crippen LogP contribution in [0.3, 0.4) is 0 Å². The molecule has 4 rings (SSSR count). The molecule has 0 aliphatic carbocycles. The first-order valence-corrected chi connectivity index (χ1v) is 9.59. The molecule has 0 fully saturated rings. The summed E-state index contributed by atoms with van der Waals surface area (Å²) >= 11 is 12.0. The monoisotopic (exact) mass is 403 g/mol. The SMILES string of the molecule is NC1=C(C2=NCCCc3[nH]cnc32)CN(C(=O)c2ccc(Cl)c(Cl)c2)CC1. The number of nitrogens with zero attached hydrogens (tertiary/aromatic N) is 3. The number of imidazole rings is 1. The number of hydrogen-bond acceptors (Lipinski definition) is 4. The maximum absolute atomic E-state index is 13.0. The topological polar surface area (TPSA) is 87.4 Å². The van der Waals surface area contributed by atoms with E-state index in [0.29, 0.717) is 35.1 Å². The summed E-state index contributed by atoms with van der Waals surface area (Å²) in [5, 5.41) is 0.791. The molecule has 140 valence electrons. The van der Waals surface area contributed by atoms with Crippen LogP contribution >= 0.6 is 23.2 Å². The van der Waals surface area contributed by atoms with Gasteiger partial charge in [-0.3, -0.25) is 9.79 Å². The number of aryl methyl sites for hydroxylation is 1. The van der Waals surface area contributed by atoms with Gasteiger partial charge in [-0.05, 0) is 31.0 Å². The number of aromatic nitrogens is 2. The Morgan fingerprint density at radius 2 is 2.07 bits per heavy atom. The highest BCUT2D eigenvalue weighted by molar-refractivity contribution is 6.42. The lowest BCUT2D eigenvalue weighted by molar-refractivity contribution is 0.0766. The van der Waals surface area contributed by atoms with Crippen molar-refractivity contribution in [3.05, 3.63) is 62.8 Å². The van der Waals surface area contributed by atoms with E-state index in [9.17, 15) is 4.79 Å². The lowest BCUT2D eigenvalue weighted by atomic mass is 9.97. The van der Waals surface area contributed by atoms with Crippen molar-refractivity contribution in [1.29, 1.82) is 0 Å². The molecule has 0 saturated heterocycles. The van der Waals surface area contributed by atoms with Gasteiger partial charge in [-0.1, -0.05) is 23.2 Å². The molecule has 2 aliphatic rings. The fourth-order valence-electron chi connectivity index (χ4n) is 3.47. The Morgan fingerprint density at radius 3 is 2.89 bits per heavy atom. The zero-order chi connectivity index (χ0) is 19.0. The number of aliphatic imine (C=N–C) groups is 1. The third-order valence-electron chi connectivity index (χ3n) is 4.92. The van der Waals surface area contributed by atoms with Crippen molar-refractivity contribution in [2.45, 2.75) is 19.3 Å². The zero-order valence-electron chi connectivity index (χ0n) is 14.6. The van der Waals surface area contributed by atoms with E-state index < -0.39 is 0 Å². The molecule has 1 aromatic heterocycles. The maximum Gasteiger partial charge on any atom is 0.254 e. The van der Waals surface area contributed by atoms with Crippen LogP contribution < -0.4 is 5.73 Å². The Morgan fingerprint density at radius 1 is 1.22 bits per heavy atom. The molecule has 8 heteroatoms. The van der Waals surface area contributed by atoms with Crippen molar-refractivity contribution in [3.8, 4) is 0 Å². The highest BCUT2D eigenvalue weighted by Crippen LogP contribution is 2.26. The predicted molar refractivity (Wildman–Crippen MR) is 107 cm³/mol. The number of halogens is 2. The number of hydrogen-bond donors (Lipinski definition) is 2. The average molecular weight is 404 g/mol. The molecular weight excluding hydrogens is 385 g/mol. The van der Waals surface area contributed by atoms with E-state index in [2.05, 4.69) is 9.97 Å². The van der Waals surface area contributed by atoms with Crippen LogP contribution in [-0.4, -0.2) is 46.1 Å². The lowest BCUT2D eigenvalue weighted by Gasteiger charge is -2.30. The Kier molecular flexibility index (Phi) is 4.93. The molecule has 3 heterocycles. The zero-order valence-corrected chi connectivity index (χ0v) is 16.1. The molecule has 0 atom stereocenters. The highest BCUT2D eigenvalue weighted by Gasteiger charge is 2.28. The molecule has 0 bridgehead atoms. The quantitative estimate of drug-likeness (QED) is 0.806. The number of H-pyrrole nitrogens is 1. The van der Waals surface area contributed by atoms with Gasteiger partial charge in [0.2, 0.25) is 0 Å². The average Bonchev–Trinajstić information content (AvgIpc) is 3.04. The smallest absolute Gasteiger partial charge is 0.254 e. The molecule has 3 N–H and O–H groups in total. The minimum atomic E-state index is -0.102. The van der Waals surface area contributed by atoms with Crippen molar-refractivity contribution in [2.75, 3.05) is 19.6 Å². The Balaban J connectivity index is 1.63. The first-order valence-electron chi connectivity index (χ1n) is 8.84. The third-order valence-corrected chi connectivity index (χ3v) is 5.66. The Bertz CT molecular complexity index is 963. The van der Waals surface area contributed by atoms with Crippen molar-refractivity contribution < 1.29 is 4.79 Å². The summed E-state index contributed by atoms with van der Waals surface area (Å²) in [5.74, 6) is -0.102. The van der Waals surface area contributed by atoms with Gasteiger partial charge in [-0.15, -0.1) is 0 Å². The van der Waals surface area contributed by atoms with Crippen LogP contribution in [0, 0.1) is 0 Å². The number of rotatable bonds is 2. The number of carbonyl (C=O) groups excluding carboxylic acids is 1. The van der Waals surface area contributed by atoms with Crippen LogP contribution in [0.5, 0.6) is 0 Å². The third kappa shape index (κ3) is 3.47. The minimum Gasteiger partial charge on any atom is -0.402 e. The lowest BCUT2D eigenvalue weighted by Crippen LogP contribution is -2.40. The van der Waals surface area contributed by atoms with Crippen molar-refractivity contribution in [2.24, 2.45) is 10.7 Å². The number of fused-ring (bicyclic) bond motifs is 1. The van der Waals surface area contributed by atoms with E-state index >= 15 is 0 Å². The molecule has 0 radical (unpaired) electrons. The van der Waals surface area contributed by atoms with E-state index in [-0.39, 0.29) is 5.91 Å². The first kappa shape index (κ1) is 18.1. The normalized spacial score (nSPS) is 17.4. The molecular formula is C19H19Cl2N5O. The van der Waals surface area contributed by atoms with Crippen LogP contribution in [-0.2, 0) is 6.42 Å². The summed E-state index contributed by atoms with van der Waals surface area (Å²) in [6, 6.07) is 4.92. The Labute approximate surface area is 167 Å². The predicted octanol–water partition coefficient (Wildman–Crippen LogP) is 3.21. The van der Waals surface area contributed by atoms with Gasteiger partial charge in [0.25, 0.3) is 5.91 Å². The highest BCUT2D eigenvalue weighted by atomic mass is 35.5. The van der Waals surface area contributed by atoms with Crippen LogP contribution in [0.2, 0.25) is 10.0 Å². The summed E-state index contributed by atoms with van der Waals surface area (Å²) in [6.45, 7) is 1.67. The van der Waals surface area contributed by atoms with Crippen molar-refractivity contribution in [1.82, 2.24) is 14.9 Å². The Hall–Kier alpha value is -2.31.